The topological polar surface area (TPSA) is 39.1 Å². The van der Waals surface area contributed by atoms with Gasteiger partial charge in [-0.2, -0.15) is 5.10 Å². The lowest BCUT2D eigenvalue weighted by atomic mass is 10.2. The Morgan fingerprint density at radius 1 is 1.32 bits per heavy atom. The van der Waals surface area contributed by atoms with Crippen molar-refractivity contribution in [3.8, 4) is 5.88 Å². The van der Waals surface area contributed by atoms with Crippen molar-refractivity contribution in [2.75, 3.05) is 7.05 Å². The predicted octanol–water partition coefficient (Wildman–Crippen LogP) is 3.44. The van der Waals surface area contributed by atoms with Crippen LogP contribution in [0.3, 0.4) is 0 Å². The molecule has 1 aromatic carbocycles. The molecule has 118 valence electrons. The van der Waals surface area contributed by atoms with Crippen LogP contribution in [0.2, 0.25) is 0 Å². The van der Waals surface area contributed by atoms with E-state index in [4.69, 9.17) is 4.74 Å². The smallest absolute Gasteiger partial charge is 0.212 e. The van der Waals surface area contributed by atoms with Gasteiger partial charge in [0, 0.05) is 18.2 Å². The molecule has 0 unspecified atom stereocenters. The minimum atomic E-state index is -0.232. The van der Waals surface area contributed by atoms with Crippen LogP contribution in [0.15, 0.2) is 30.3 Å². The Bertz CT molecular complexity index is 620. The van der Waals surface area contributed by atoms with Crippen LogP contribution < -0.4 is 10.1 Å². The second-order valence-corrected chi connectivity index (χ2v) is 5.77. The van der Waals surface area contributed by atoms with Crippen LogP contribution in [-0.2, 0) is 13.2 Å². The maximum Gasteiger partial charge on any atom is 0.212 e. The van der Waals surface area contributed by atoms with Gasteiger partial charge in [-0.05, 0) is 26.0 Å². The fourth-order valence-electron chi connectivity index (χ4n) is 2.98. The highest BCUT2D eigenvalue weighted by atomic mass is 19.1. The van der Waals surface area contributed by atoms with E-state index in [1.54, 1.807) is 12.1 Å². The van der Waals surface area contributed by atoms with Crippen LogP contribution in [0.5, 0.6) is 5.88 Å². The Morgan fingerprint density at radius 3 is 2.82 bits per heavy atom. The Balaban J connectivity index is 1.77. The average molecular weight is 303 g/mol. The number of benzene rings is 1. The molecule has 2 aromatic rings. The number of nitrogens with zero attached hydrogens (tertiary/aromatic N) is 2. The predicted molar refractivity (Wildman–Crippen MR) is 83.2 cm³/mol. The summed E-state index contributed by atoms with van der Waals surface area (Å²) in [6, 6.07) is 9.07. The maximum absolute atomic E-state index is 13.7. The molecule has 1 aromatic heterocycles. The van der Waals surface area contributed by atoms with E-state index in [1.165, 1.54) is 18.9 Å². The van der Waals surface area contributed by atoms with E-state index in [9.17, 15) is 4.39 Å². The van der Waals surface area contributed by atoms with Crippen molar-refractivity contribution in [2.24, 2.45) is 0 Å². The van der Waals surface area contributed by atoms with Crippen molar-refractivity contribution in [3.05, 3.63) is 47.4 Å². The third kappa shape index (κ3) is 3.30. The van der Waals surface area contributed by atoms with Crippen molar-refractivity contribution >= 4 is 0 Å². The normalized spacial score (nSPS) is 15.4. The van der Waals surface area contributed by atoms with Gasteiger partial charge < -0.3 is 10.1 Å². The molecule has 1 fully saturated rings. The number of nitrogens with one attached hydrogen (secondary N) is 1. The van der Waals surface area contributed by atoms with E-state index in [1.807, 2.05) is 23.9 Å². The molecule has 0 atom stereocenters. The van der Waals surface area contributed by atoms with E-state index in [0.717, 1.165) is 24.4 Å². The second-order valence-electron chi connectivity index (χ2n) is 5.77. The molecule has 0 aliphatic heterocycles. The molecule has 1 aliphatic rings. The number of hydrogen-bond acceptors (Lipinski definition) is 3. The summed E-state index contributed by atoms with van der Waals surface area (Å²) in [5.74, 6) is 0.505. The molecule has 1 heterocycles. The van der Waals surface area contributed by atoms with Gasteiger partial charge in [0.25, 0.3) is 0 Å². The summed E-state index contributed by atoms with van der Waals surface area (Å²) < 4.78 is 21.6. The molecule has 4 nitrogen and oxygen atoms in total. The van der Waals surface area contributed by atoms with Gasteiger partial charge >= 0.3 is 0 Å². The van der Waals surface area contributed by atoms with Crippen molar-refractivity contribution < 1.29 is 9.13 Å². The van der Waals surface area contributed by atoms with Gasteiger partial charge in [0.1, 0.15) is 12.4 Å². The Labute approximate surface area is 130 Å². The molecular formula is C17H22FN3O. The quantitative estimate of drug-likeness (QED) is 0.888. The van der Waals surface area contributed by atoms with Crippen molar-refractivity contribution in [3.63, 3.8) is 0 Å². The summed E-state index contributed by atoms with van der Waals surface area (Å²) in [7, 11) is 1.90. The van der Waals surface area contributed by atoms with Crippen molar-refractivity contribution in [1.29, 1.82) is 0 Å². The standard InChI is InChI=1S/C17H22FN3O/c1-19-11-14-10-17(21(20-14)15-7-3-4-8-15)22-12-13-6-2-5-9-16(13)18/h2,5-6,9-10,15,19H,3-4,7-8,11-12H2,1H3. The van der Waals surface area contributed by atoms with E-state index in [0.29, 0.717) is 18.2 Å². The summed E-state index contributed by atoms with van der Waals surface area (Å²) in [6.07, 6.45) is 4.74. The largest absolute Gasteiger partial charge is 0.473 e. The summed E-state index contributed by atoms with van der Waals surface area (Å²) >= 11 is 0. The van der Waals surface area contributed by atoms with Gasteiger partial charge in [-0.15, -0.1) is 0 Å². The summed E-state index contributed by atoms with van der Waals surface area (Å²) in [5.41, 5.74) is 1.52. The SMILES string of the molecule is CNCc1cc(OCc2ccccc2F)n(C2CCCC2)n1. The Hall–Kier alpha value is -1.88. The fourth-order valence-corrected chi connectivity index (χ4v) is 2.98. The zero-order valence-corrected chi connectivity index (χ0v) is 12.9. The molecule has 0 spiro atoms. The van der Waals surface area contributed by atoms with Crippen LogP contribution in [0.25, 0.3) is 0 Å². The second kappa shape index (κ2) is 6.92. The minimum absolute atomic E-state index is 0.226. The molecule has 0 bridgehead atoms. The summed E-state index contributed by atoms with van der Waals surface area (Å²) in [6.45, 7) is 0.930. The number of aromatic nitrogens is 2. The van der Waals surface area contributed by atoms with Crippen LogP contribution in [0, 0.1) is 5.82 Å². The summed E-state index contributed by atoms with van der Waals surface area (Å²) in [4.78, 5) is 0. The van der Waals surface area contributed by atoms with Gasteiger partial charge in [-0.25, -0.2) is 9.07 Å². The highest BCUT2D eigenvalue weighted by molar-refractivity contribution is 5.20. The van der Waals surface area contributed by atoms with Crippen LogP contribution in [-0.4, -0.2) is 16.8 Å². The third-order valence-corrected chi connectivity index (χ3v) is 4.11. The average Bonchev–Trinajstić information content (AvgIpc) is 3.16. The molecule has 1 saturated carbocycles. The first kappa shape index (κ1) is 15.0. The first-order valence-corrected chi connectivity index (χ1v) is 7.87. The first-order chi connectivity index (χ1) is 10.8. The molecule has 22 heavy (non-hydrogen) atoms. The highest BCUT2D eigenvalue weighted by Gasteiger charge is 2.22. The van der Waals surface area contributed by atoms with Gasteiger partial charge in [0.15, 0.2) is 0 Å². The fraction of sp³-hybridized carbons (Fsp3) is 0.471. The highest BCUT2D eigenvalue weighted by Crippen LogP contribution is 2.33. The van der Waals surface area contributed by atoms with E-state index in [-0.39, 0.29) is 12.4 Å². The van der Waals surface area contributed by atoms with Crippen molar-refractivity contribution in [1.82, 2.24) is 15.1 Å². The van der Waals surface area contributed by atoms with Crippen molar-refractivity contribution in [2.45, 2.75) is 44.9 Å². The molecule has 3 rings (SSSR count). The molecular weight excluding hydrogens is 281 g/mol. The lowest BCUT2D eigenvalue weighted by molar-refractivity contribution is 0.255. The van der Waals surface area contributed by atoms with Gasteiger partial charge in [-0.3, -0.25) is 0 Å². The lowest BCUT2D eigenvalue weighted by Crippen LogP contribution is -2.11. The third-order valence-electron chi connectivity index (χ3n) is 4.11. The molecule has 0 amide bonds. The van der Waals surface area contributed by atoms with Gasteiger partial charge in [-0.1, -0.05) is 31.0 Å². The maximum atomic E-state index is 13.7. The van der Waals surface area contributed by atoms with Crippen LogP contribution in [0.1, 0.15) is 43.0 Å². The molecule has 0 radical (unpaired) electrons. The number of halogens is 1. The molecule has 0 saturated heterocycles. The monoisotopic (exact) mass is 303 g/mol. The first-order valence-electron chi connectivity index (χ1n) is 7.87. The molecule has 1 aliphatic carbocycles. The van der Waals surface area contributed by atoms with E-state index < -0.39 is 0 Å². The number of rotatable bonds is 6. The van der Waals surface area contributed by atoms with Gasteiger partial charge in [0.05, 0.1) is 11.7 Å². The lowest BCUT2D eigenvalue weighted by Gasteiger charge is -2.14. The zero-order chi connectivity index (χ0) is 15.4. The van der Waals surface area contributed by atoms with E-state index >= 15 is 0 Å². The van der Waals surface area contributed by atoms with Crippen LogP contribution in [0.4, 0.5) is 4.39 Å². The summed E-state index contributed by atoms with van der Waals surface area (Å²) in [5, 5.41) is 7.76. The Morgan fingerprint density at radius 2 is 2.09 bits per heavy atom. The van der Waals surface area contributed by atoms with Crippen LogP contribution >= 0.6 is 0 Å². The number of ether oxygens (including phenoxy) is 1. The number of hydrogen-bond donors (Lipinski definition) is 1. The van der Waals surface area contributed by atoms with Gasteiger partial charge in [0.2, 0.25) is 5.88 Å². The van der Waals surface area contributed by atoms with E-state index in [2.05, 4.69) is 10.4 Å². The minimum Gasteiger partial charge on any atom is -0.473 e. The Kier molecular flexibility index (Phi) is 4.73. The molecule has 1 N–H and O–H groups in total. The molecule has 5 heteroatoms. The zero-order valence-electron chi connectivity index (χ0n) is 12.9.